The standard InChI is InChI=1S/C12H23N/c1-2-5-11(4-1)10-12-6-3-8-13-9-7-12/h11-13H,1-10H2. The Morgan fingerprint density at radius 3 is 2.31 bits per heavy atom. The summed E-state index contributed by atoms with van der Waals surface area (Å²) in [7, 11) is 0. The first-order valence-electron chi connectivity index (χ1n) is 6.16. The van der Waals surface area contributed by atoms with Gasteiger partial charge in [0.2, 0.25) is 0 Å². The van der Waals surface area contributed by atoms with Crippen LogP contribution in [-0.4, -0.2) is 13.1 Å². The van der Waals surface area contributed by atoms with Crippen LogP contribution in [0.3, 0.4) is 0 Å². The maximum absolute atomic E-state index is 3.50. The molecule has 2 rings (SSSR count). The molecule has 0 radical (unpaired) electrons. The molecular weight excluding hydrogens is 158 g/mol. The van der Waals surface area contributed by atoms with Crippen molar-refractivity contribution in [2.45, 2.75) is 51.4 Å². The molecule has 0 bridgehead atoms. The molecule has 2 aliphatic rings. The van der Waals surface area contributed by atoms with Gasteiger partial charge in [0.15, 0.2) is 0 Å². The molecule has 0 aromatic heterocycles. The topological polar surface area (TPSA) is 12.0 Å². The molecular formula is C12H23N. The van der Waals surface area contributed by atoms with Crippen molar-refractivity contribution >= 4 is 0 Å². The summed E-state index contributed by atoms with van der Waals surface area (Å²) < 4.78 is 0. The second kappa shape index (κ2) is 4.99. The predicted octanol–water partition coefficient (Wildman–Crippen LogP) is 2.96. The lowest BCUT2D eigenvalue weighted by atomic mass is 9.88. The van der Waals surface area contributed by atoms with Gasteiger partial charge in [0.05, 0.1) is 0 Å². The Morgan fingerprint density at radius 2 is 1.46 bits per heavy atom. The van der Waals surface area contributed by atoms with Gasteiger partial charge in [-0.25, -0.2) is 0 Å². The summed E-state index contributed by atoms with van der Waals surface area (Å²) in [5, 5.41) is 3.50. The molecule has 1 nitrogen and oxygen atoms in total. The van der Waals surface area contributed by atoms with E-state index in [9.17, 15) is 0 Å². The summed E-state index contributed by atoms with van der Waals surface area (Å²) in [4.78, 5) is 0. The quantitative estimate of drug-likeness (QED) is 0.690. The van der Waals surface area contributed by atoms with Crippen molar-refractivity contribution in [2.24, 2.45) is 11.8 Å². The smallest absolute Gasteiger partial charge is 0.00463 e. The number of hydrogen-bond donors (Lipinski definition) is 1. The fourth-order valence-electron chi connectivity index (χ4n) is 3.04. The van der Waals surface area contributed by atoms with E-state index in [0.717, 1.165) is 11.8 Å². The monoisotopic (exact) mass is 181 g/mol. The molecule has 0 aromatic rings. The third-order valence-corrected chi connectivity index (χ3v) is 3.84. The van der Waals surface area contributed by atoms with Crippen molar-refractivity contribution in [3.8, 4) is 0 Å². The highest BCUT2D eigenvalue weighted by atomic mass is 14.8. The van der Waals surface area contributed by atoms with E-state index in [-0.39, 0.29) is 0 Å². The van der Waals surface area contributed by atoms with Gasteiger partial charge in [-0.15, -0.1) is 0 Å². The summed E-state index contributed by atoms with van der Waals surface area (Å²) in [6.07, 6.45) is 12.0. The average molecular weight is 181 g/mol. The van der Waals surface area contributed by atoms with Gasteiger partial charge in [-0.1, -0.05) is 25.7 Å². The fraction of sp³-hybridized carbons (Fsp3) is 1.00. The summed E-state index contributed by atoms with van der Waals surface area (Å²) in [6.45, 7) is 2.54. The maximum atomic E-state index is 3.50. The Balaban J connectivity index is 1.71. The molecule has 1 aliphatic heterocycles. The van der Waals surface area contributed by atoms with Crippen LogP contribution in [0.25, 0.3) is 0 Å². The molecule has 0 spiro atoms. The molecule has 76 valence electrons. The van der Waals surface area contributed by atoms with Crippen molar-refractivity contribution in [1.82, 2.24) is 5.32 Å². The average Bonchev–Trinajstić information content (AvgIpc) is 2.49. The lowest BCUT2D eigenvalue weighted by Crippen LogP contribution is -2.14. The number of hydrogen-bond acceptors (Lipinski definition) is 1. The Morgan fingerprint density at radius 1 is 0.769 bits per heavy atom. The minimum absolute atomic E-state index is 1.05. The van der Waals surface area contributed by atoms with Crippen molar-refractivity contribution in [2.75, 3.05) is 13.1 Å². The molecule has 1 unspecified atom stereocenters. The van der Waals surface area contributed by atoms with Crippen LogP contribution in [0.4, 0.5) is 0 Å². The van der Waals surface area contributed by atoms with Crippen LogP contribution < -0.4 is 5.32 Å². The lowest BCUT2D eigenvalue weighted by molar-refractivity contribution is 0.349. The highest BCUT2D eigenvalue weighted by molar-refractivity contribution is 4.74. The van der Waals surface area contributed by atoms with Gasteiger partial charge < -0.3 is 5.32 Å². The van der Waals surface area contributed by atoms with Crippen LogP contribution >= 0.6 is 0 Å². The van der Waals surface area contributed by atoms with Crippen LogP contribution in [-0.2, 0) is 0 Å². The van der Waals surface area contributed by atoms with Crippen molar-refractivity contribution in [3.05, 3.63) is 0 Å². The minimum Gasteiger partial charge on any atom is -0.317 e. The first-order chi connectivity index (χ1) is 6.45. The van der Waals surface area contributed by atoms with Crippen LogP contribution in [0.2, 0.25) is 0 Å². The van der Waals surface area contributed by atoms with E-state index in [1.54, 1.807) is 6.42 Å². The number of nitrogens with one attached hydrogen (secondary N) is 1. The third kappa shape index (κ3) is 2.98. The largest absolute Gasteiger partial charge is 0.317 e. The molecule has 1 aliphatic carbocycles. The molecule has 1 saturated carbocycles. The van der Waals surface area contributed by atoms with E-state index in [1.165, 1.54) is 58.0 Å². The first kappa shape index (κ1) is 9.51. The SMILES string of the molecule is C1CCC(CC2CCCNCC2)C1. The molecule has 1 heterocycles. The molecule has 1 atom stereocenters. The van der Waals surface area contributed by atoms with E-state index in [2.05, 4.69) is 5.32 Å². The van der Waals surface area contributed by atoms with Gasteiger partial charge in [0, 0.05) is 0 Å². The van der Waals surface area contributed by atoms with Gasteiger partial charge >= 0.3 is 0 Å². The second-order valence-corrected chi connectivity index (χ2v) is 4.93. The van der Waals surface area contributed by atoms with Gasteiger partial charge in [-0.2, -0.15) is 0 Å². The highest BCUT2D eigenvalue weighted by Gasteiger charge is 2.20. The molecule has 1 N–H and O–H groups in total. The molecule has 1 saturated heterocycles. The zero-order valence-corrected chi connectivity index (χ0v) is 8.73. The van der Waals surface area contributed by atoms with Gasteiger partial charge in [-0.3, -0.25) is 0 Å². The van der Waals surface area contributed by atoms with E-state index in [0.29, 0.717) is 0 Å². The molecule has 1 heteroatoms. The van der Waals surface area contributed by atoms with Gasteiger partial charge in [0.1, 0.15) is 0 Å². The first-order valence-corrected chi connectivity index (χ1v) is 6.16. The summed E-state index contributed by atoms with van der Waals surface area (Å²) in [5.41, 5.74) is 0. The minimum atomic E-state index is 1.05. The van der Waals surface area contributed by atoms with Crippen LogP contribution in [0.15, 0.2) is 0 Å². The van der Waals surface area contributed by atoms with Crippen LogP contribution in [0.5, 0.6) is 0 Å². The Bertz CT molecular complexity index is 130. The normalized spacial score (nSPS) is 31.8. The Labute approximate surface area is 82.3 Å². The lowest BCUT2D eigenvalue weighted by Gasteiger charge is -2.17. The highest BCUT2D eigenvalue weighted by Crippen LogP contribution is 2.33. The zero-order chi connectivity index (χ0) is 8.93. The predicted molar refractivity (Wildman–Crippen MR) is 56.8 cm³/mol. The molecule has 0 aromatic carbocycles. The third-order valence-electron chi connectivity index (χ3n) is 3.84. The van der Waals surface area contributed by atoms with E-state index in [1.807, 2.05) is 0 Å². The van der Waals surface area contributed by atoms with Crippen molar-refractivity contribution < 1.29 is 0 Å². The Hall–Kier alpha value is -0.0400. The summed E-state index contributed by atoms with van der Waals surface area (Å²) >= 11 is 0. The van der Waals surface area contributed by atoms with Crippen molar-refractivity contribution in [3.63, 3.8) is 0 Å². The second-order valence-electron chi connectivity index (χ2n) is 4.93. The van der Waals surface area contributed by atoms with Gasteiger partial charge in [0.25, 0.3) is 0 Å². The van der Waals surface area contributed by atoms with Crippen LogP contribution in [0.1, 0.15) is 51.4 Å². The molecule has 2 fully saturated rings. The van der Waals surface area contributed by atoms with E-state index < -0.39 is 0 Å². The Kier molecular flexibility index (Phi) is 3.65. The van der Waals surface area contributed by atoms with Crippen molar-refractivity contribution in [1.29, 1.82) is 0 Å². The van der Waals surface area contributed by atoms with Gasteiger partial charge in [-0.05, 0) is 50.6 Å². The molecule has 13 heavy (non-hydrogen) atoms. The zero-order valence-electron chi connectivity index (χ0n) is 8.73. The number of rotatable bonds is 2. The van der Waals surface area contributed by atoms with E-state index in [4.69, 9.17) is 0 Å². The maximum Gasteiger partial charge on any atom is -0.00463 e. The van der Waals surface area contributed by atoms with E-state index >= 15 is 0 Å². The van der Waals surface area contributed by atoms with Crippen LogP contribution in [0, 0.1) is 11.8 Å². The fourth-order valence-corrected chi connectivity index (χ4v) is 3.04. The summed E-state index contributed by atoms with van der Waals surface area (Å²) in [6, 6.07) is 0. The summed E-state index contributed by atoms with van der Waals surface area (Å²) in [5.74, 6) is 2.15. The molecule has 0 amide bonds.